The lowest BCUT2D eigenvalue weighted by atomic mass is 10.3. The zero-order valence-electron chi connectivity index (χ0n) is 11.7. The third kappa shape index (κ3) is 3.50. The van der Waals surface area contributed by atoms with Gasteiger partial charge in [0.15, 0.2) is 5.82 Å². The maximum Gasteiger partial charge on any atom is 0.350 e. The summed E-state index contributed by atoms with van der Waals surface area (Å²) in [6.07, 6.45) is 1.02. The highest BCUT2D eigenvalue weighted by atomic mass is 32.2. The van der Waals surface area contributed by atoms with Gasteiger partial charge in [0.2, 0.25) is 0 Å². The number of ether oxygens (including phenoxy) is 1. The van der Waals surface area contributed by atoms with Crippen LogP contribution in [0.15, 0.2) is 39.8 Å². The number of nitrogens with two attached hydrogens (primary N) is 2. The van der Waals surface area contributed by atoms with E-state index in [2.05, 4.69) is 0 Å². The molecule has 0 saturated carbocycles. The second-order valence-corrected chi connectivity index (χ2v) is 5.13. The van der Waals surface area contributed by atoms with Crippen molar-refractivity contribution in [3.05, 3.63) is 42.1 Å². The maximum atomic E-state index is 12.9. The number of methoxy groups -OCH3 is 1. The predicted octanol–water partition coefficient (Wildman–Crippen LogP) is 1.98. The number of hydrazine groups is 2. The quantitative estimate of drug-likeness (QED) is 0.336. The van der Waals surface area contributed by atoms with E-state index in [1.54, 1.807) is 18.2 Å². The molecule has 0 fully saturated rings. The van der Waals surface area contributed by atoms with Crippen LogP contribution < -0.4 is 26.9 Å². The molecule has 2 amide bonds. The molecule has 2 rings (SSSR count). The summed E-state index contributed by atoms with van der Waals surface area (Å²) >= 11 is 1.29. The third-order valence-corrected chi connectivity index (χ3v) is 3.89. The van der Waals surface area contributed by atoms with Crippen LogP contribution in [0.25, 0.3) is 0 Å². The summed E-state index contributed by atoms with van der Waals surface area (Å²) in [6.45, 7) is 0. The Kier molecular flexibility index (Phi) is 5.26. The Bertz CT molecular complexity index is 664. The second kappa shape index (κ2) is 7.16. The Hall–Kier alpha value is -2.23. The number of carbonyl (C=O) groups is 1. The fourth-order valence-electron chi connectivity index (χ4n) is 1.75. The molecular formula is C13H15FN4O3S. The first-order valence-electron chi connectivity index (χ1n) is 6.15. The molecule has 0 atom stereocenters. The molecule has 1 aromatic carbocycles. The van der Waals surface area contributed by atoms with Crippen LogP contribution >= 0.6 is 11.8 Å². The van der Waals surface area contributed by atoms with Gasteiger partial charge in [-0.05, 0) is 12.1 Å². The van der Waals surface area contributed by atoms with Crippen LogP contribution in [0.4, 0.5) is 14.9 Å². The van der Waals surface area contributed by atoms with Crippen LogP contribution in [0.5, 0.6) is 5.75 Å². The number of nitrogens with one attached hydrogen (secondary N) is 1. The number of anilines is 1. The Morgan fingerprint density at radius 1 is 1.55 bits per heavy atom. The number of halogens is 1. The van der Waals surface area contributed by atoms with Gasteiger partial charge in [0, 0.05) is 6.07 Å². The number of carbonyl (C=O) groups excluding carboxylic acids is 1. The Balaban J connectivity index is 2.28. The topological polar surface area (TPSA) is 107 Å². The van der Waals surface area contributed by atoms with Crippen LogP contribution in [0, 0.1) is 5.82 Å². The highest BCUT2D eigenvalue weighted by molar-refractivity contribution is 7.98. The minimum absolute atomic E-state index is 0.343. The standard InChI is InChI=1S/C13H15FN4O3S/c1-20-11-4-2-3-10(18(16)13(19)17-15)12(11)22-7-9-5-8(14)6-21-9/h2-6H,7,15-16H2,1H3,(H,17,19). The molecule has 5 N–H and O–H groups in total. The van der Waals surface area contributed by atoms with E-state index in [0.29, 0.717) is 27.8 Å². The molecule has 0 saturated heterocycles. The molecule has 0 aliphatic rings. The third-order valence-electron chi connectivity index (χ3n) is 2.76. The van der Waals surface area contributed by atoms with Gasteiger partial charge in [-0.25, -0.2) is 25.9 Å². The SMILES string of the molecule is COc1cccc(N(N)C(=O)NN)c1SCc1cc(F)co1. The van der Waals surface area contributed by atoms with Crippen molar-refractivity contribution in [2.24, 2.45) is 11.7 Å². The number of hydrogen-bond acceptors (Lipinski definition) is 6. The number of rotatable bonds is 5. The number of thioether (sulfide) groups is 1. The molecule has 0 radical (unpaired) electrons. The molecule has 7 nitrogen and oxygen atoms in total. The lowest BCUT2D eigenvalue weighted by Crippen LogP contribution is -2.47. The molecule has 1 aromatic heterocycles. The van der Waals surface area contributed by atoms with Gasteiger partial charge in [0.1, 0.15) is 17.8 Å². The molecule has 22 heavy (non-hydrogen) atoms. The molecule has 118 valence electrons. The van der Waals surface area contributed by atoms with E-state index in [1.165, 1.54) is 24.9 Å². The summed E-state index contributed by atoms with van der Waals surface area (Å²) in [4.78, 5) is 12.2. The van der Waals surface area contributed by atoms with Gasteiger partial charge in [-0.3, -0.25) is 5.43 Å². The van der Waals surface area contributed by atoms with E-state index in [0.717, 1.165) is 11.3 Å². The summed E-state index contributed by atoms with van der Waals surface area (Å²) in [5, 5.41) is 0.869. The average Bonchev–Trinajstić information content (AvgIpc) is 2.96. The minimum atomic E-state index is -0.681. The van der Waals surface area contributed by atoms with Crippen molar-refractivity contribution >= 4 is 23.5 Å². The monoisotopic (exact) mass is 326 g/mol. The fraction of sp³-hybridized carbons (Fsp3) is 0.154. The summed E-state index contributed by atoms with van der Waals surface area (Å²) in [5.41, 5.74) is 2.35. The molecule has 0 bridgehead atoms. The first-order chi connectivity index (χ1) is 10.6. The largest absolute Gasteiger partial charge is 0.496 e. The molecular weight excluding hydrogens is 311 g/mol. The molecule has 2 aromatic rings. The smallest absolute Gasteiger partial charge is 0.350 e. The van der Waals surface area contributed by atoms with Crippen LogP contribution in [-0.2, 0) is 5.75 Å². The van der Waals surface area contributed by atoms with Crippen LogP contribution in [0.3, 0.4) is 0 Å². The lowest BCUT2D eigenvalue weighted by Gasteiger charge is -2.20. The van der Waals surface area contributed by atoms with Crippen molar-refractivity contribution in [2.75, 3.05) is 12.1 Å². The fourth-order valence-corrected chi connectivity index (χ4v) is 2.80. The van der Waals surface area contributed by atoms with E-state index in [9.17, 15) is 9.18 Å². The maximum absolute atomic E-state index is 12.9. The van der Waals surface area contributed by atoms with Gasteiger partial charge in [-0.15, -0.1) is 11.8 Å². The normalized spacial score (nSPS) is 10.4. The Labute approximate surface area is 130 Å². The average molecular weight is 326 g/mol. The van der Waals surface area contributed by atoms with Crippen molar-refractivity contribution < 1.29 is 18.3 Å². The highest BCUT2D eigenvalue weighted by Crippen LogP contribution is 2.39. The van der Waals surface area contributed by atoms with Gasteiger partial charge in [-0.1, -0.05) is 6.07 Å². The van der Waals surface area contributed by atoms with Crippen molar-refractivity contribution in [2.45, 2.75) is 10.6 Å². The lowest BCUT2D eigenvalue weighted by molar-refractivity contribution is 0.246. The molecule has 0 unspecified atom stereocenters. The number of amides is 2. The van der Waals surface area contributed by atoms with Crippen molar-refractivity contribution in [3.63, 3.8) is 0 Å². The van der Waals surface area contributed by atoms with Crippen LogP contribution in [0.2, 0.25) is 0 Å². The van der Waals surface area contributed by atoms with Gasteiger partial charge in [-0.2, -0.15) is 0 Å². The number of furan rings is 1. The van der Waals surface area contributed by atoms with Crippen molar-refractivity contribution in [3.8, 4) is 5.75 Å². The number of benzene rings is 1. The Morgan fingerprint density at radius 2 is 2.32 bits per heavy atom. The van der Waals surface area contributed by atoms with Crippen molar-refractivity contribution in [1.29, 1.82) is 0 Å². The van der Waals surface area contributed by atoms with Gasteiger partial charge in [0.05, 0.1) is 23.4 Å². The molecule has 0 aliphatic heterocycles. The van der Waals surface area contributed by atoms with Crippen LogP contribution in [0.1, 0.15) is 5.76 Å². The number of urea groups is 1. The number of hydrogen-bond donors (Lipinski definition) is 3. The van der Waals surface area contributed by atoms with E-state index in [1.807, 2.05) is 5.43 Å². The Morgan fingerprint density at radius 3 is 2.91 bits per heavy atom. The predicted molar refractivity (Wildman–Crippen MR) is 80.6 cm³/mol. The van der Waals surface area contributed by atoms with E-state index in [4.69, 9.17) is 20.8 Å². The zero-order valence-corrected chi connectivity index (χ0v) is 12.5. The van der Waals surface area contributed by atoms with Crippen molar-refractivity contribution in [1.82, 2.24) is 5.43 Å². The second-order valence-electron chi connectivity index (χ2n) is 4.15. The first kappa shape index (κ1) is 16.1. The van der Waals surface area contributed by atoms with Gasteiger partial charge >= 0.3 is 6.03 Å². The summed E-state index contributed by atoms with van der Waals surface area (Å²) in [5.74, 6) is 11.7. The summed E-state index contributed by atoms with van der Waals surface area (Å²) < 4.78 is 23.3. The molecule has 9 heteroatoms. The number of nitrogens with zero attached hydrogens (tertiary/aromatic N) is 1. The van der Waals surface area contributed by atoms with E-state index >= 15 is 0 Å². The molecule has 0 aliphatic carbocycles. The molecule has 0 spiro atoms. The van der Waals surface area contributed by atoms with Gasteiger partial charge < -0.3 is 9.15 Å². The van der Waals surface area contributed by atoms with E-state index < -0.39 is 11.8 Å². The first-order valence-corrected chi connectivity index (χ1v) is 7.13. The van der Waals surface area contributed by atoms with Gasteiger partial charge in [0.25, 0.3) is 0 Å². The van der Waals surface area contributed by atoms with E-state index in [-0.39, 0.29) is 0 Å². The molecule has 1 heterocycles. The highest BCUT2D eigenvalue weighted by Gasteiger charge is 2.18. The minimum Gasteiger partial charge on any atom is -0.496 e. The van der Waals surface area contributed by atoms with Crippen LogP contribution in [-0.4, -0.2) is 13.1 Å². The summed E-state index contributed by atoms with van der Waals surface area (Å²) in [7, 11) is 1.50. The zero-order chi connectivity index (χ0) is 16.1. The summed E-state index contributed by atoms with van der Waals surface area (Å²) in [6, 6.07) is 5.66.